The second-order valence-electron chi connectivity index (χ2n) is 3.75. The number of nitrogens with zero attached hydrogens (tertiary/aromatic N) is 1. The molecule has 1 heterocycles. The van der Waals surface area contributed by atoms with E-state index in [-0.39, 0.29) is 6.54 Å². The first kappa shape index (κ1) is 11.8. The van der Waals surface area contributed by atoms with E-state index in [1.165, 1.54) is 11.8 Å². The molecule has 86 valence electrons. The molecule has 0 saturated carbocycles. The molecule has 1 saturated heterocycles. The van der Waals surface area contributed by atoms with Gasteiger partial charge in [-0.2, -0.15) is 0 Å². The summed E-state index contributed by atoms with van der Waals surface area (Å²) in [6.07, 6.45) is 0.943. The number of carbonyl (C=O) groups is 2. The van der Waals surface area contributed by atoms with Crippen LogP contribution < -0.4 is 5.32 Å². The van der Waals surface area contributed by atoms with Crippen molar-refractivity contribution in [3.63, 3.8) is 0 Å². The van der Waals surface area contributed by atoms with E-state index in [2.05, 4.69) is 5.32 Å². The fourth-order valence-corrected chi connectivity index (χ4v) is 1.48. The lowest BCUT2D eigenvalue weighted by Crippen LogP contribution is -2.50. The van der Waals surface area contributed by atoms with Crippen molar-refractivity contribution in [3.8, 4) is 0 Å². The van der Waals surface area contributed by atoms with Crippen LogP contribution >= 0.6 is 0 Å². The van der Waals surface area contributed by atoms with Crippen LogP contribution in [0, 0.1) is 0 Å². The number of rotatable bonds is 2. The molecule has 3 N–H and O–H groups in total. The Morgan fingerprint density at radius 2 is 2.20 bits per heavy atom. The number of carboxylic acids is 1. The number of hydrogen-bond acceptors (Lipinski definition) is 3. The molecular formula is C9H16N2O4. The van der Waals surface area contributed by atoms with Gasteiger partial charge in [-0.1, -0.05) is 0 Å². The van der Waals surface area contributed by atoms with Crippen molar-refractivity contribution in [1.82, 2.24) is 10.2 Å². The minimum Gasteiger partial charge on any atom is -0.480 e. The van der Waals surface area contributed by atoms with Gasteiger partial charge >= 0.3 is 12.0 Å². The quantitative estimate of drug-likeness (QED) is 0.587. The van der Waals surface area contributed by atoms with Crippen molar-refractivity contribution < 1.29 is 19.8 Å². The fraction of sp³-hybridized carbons (Fsp3) is 0.778. The second kappa shape index (κ2) is 4.97. The fourth-order valence-electron chi connectivity index (χ4n) is 1.48. The molecule has 0 aromatic carbocycles. The SMILES string of the molecule is C[C@H](NC(=O)N1CCCC(O)C1)C(=O)O. The Kier molecular flexibility index (Phi) is 3.90. The van der Waals surface area contributed by atoms with Gasteiger partial charge in [0.1, 0.15) is 6.04 Å². The first-order valence-electron chi connectivity index (χ1n) is 4.97. The van der Waals surface area contributed by atoms with Crippen LogP contribution in [-0.2, 0) is 4.79 Å². The first-order chi connectivity index (χ1) is 7.00. The number of likely N-dealkylation sites (tertiary alicyclic amines) is 1. The van der Waals surface area contributed by atoms with Crippen LogP contribution in [0.3, 0.4) is 0 Å². The van der Waals surface area contributed by atoms with Gasteiger partial charge in [0.2, 0.25) is 0 Å². The highest BCUT2D eigenvalue weighted by molar-refractivity contribution is 5.82. The predicted molar refractivity (Wildman–Crippen MR) is 52.4 cm³/mol. The highest BCUT2D eigenvalue weighted by Crippen LogP contribution is 2.09. The number of aliphatic hydroxyl groups excluding tert-OH is 1. The van der Waals surface area contributed by atoms with E-state index >= 15 is 0 Å². The molecule has 2 amide bonds. The molecule has 6 nitrogen and oxygen atoms in total. The number of carboxylic acid groups (broad SMARTS) is 1. The molecule has 1 aliphatic rings. The highest BCUT2D eigenvalue weighted by atomic mass is 16.4. The number of aliphatic carboxylic acids is 1. The summed E-state index contributed by atoms with van der Waals surface area (Å²) in [5.74, 6) is -1.07. The maximum absolute atomic E-state index is 11.5. The van der Waals surface area contributed by atoms with Crippen molar-refractivity contribution in [2.45, 2.75) is 31.9 Å². The molecule has 1 unspecified atom stereocenters. The molecule has 0 aromatic heterocycles. The van der Waals surface area contributed by atoms with E-state index in [4.69, 9.17) is 5.11 Å². The molecule has 0 radical (unpaired) electrons. The normalized spacial score (nSPS) is 23.3. The zero-order chi connectivity index (χ0) is 11.4. The molecule has 0 spiro atoms. The molecule has 0 aromatic rings. The lowest BCUT2D eigenvalue weighted by Gasteiger charge is -2.30. The van der Waals surface area contributed by atoms with Crippen LogP contribution in [0.25, 0.3) is 0 Å². The summed E-state index contributed by atoms with van der Waals surface area (Å²) in [7, 11) is 0. The maximum Gasteiger partial charge on any atom is 0.325 e. The summed E-state index contributed by atoms with van der Waals surface area (Å²) in [6.45, 7) is 2.24. The van der Waals surface area contributed by atoms with Crippen LogP contribution in [0.1, 0.15) is 19.8 Å². The zero-order valence-electron chi connectivity index (χ0n) is 8.64. The van der Waals surface area contributed by atoms with Gasteiger partial charge in [0.25, 0.3) is 0 Å². The molecule has 1 rings (SSSR count). The number of nitrogens with one attached hydrogen (secondary N) is 1. The van der Waals surface area contributed by atoms with E-state index < -0.39 is 24.1 Å². The van der Waals surface area contributed by atoms with Crippen LogP contribution in [0.5, 0.6) is 0 Å². The Labute approximate surface area is 87.9 Å². The zero-order valence-corrected chi connectivity index (χ0v) is 8.64. The number of urea groups is 1. The Balaban J connectivity index is 2.42. The molecule has 1 fully saturated rings. The van der Waals surface area contributed by atoms with E-state index in [0.29, 0.717) is 13.0 Å². The summed E-state index contributed by atoms with van der Waals surface area (Å²) in [4.78, 5) is 23.4. The summed E-state index contributed by atoms with van der Waals surface area (Å²) >= 11 is 0. The van der Waals surface area contributed by atoms with Gasteiger partial charge < -0.3 is 20.4 Å². The third-order valence-electron chi connectivity index (χ3n) is 2.39. The number of hydrogen-bond donors (Lipinski definition) is 3. The van der Waals surface area contributed by atoms with Crippen molar-refractivity contribution in [2.24, 2.45) is 0 Å². The molecule has 0 aliphatic carbocycles. The minimum absolute atomic E-state index is 0.276. The second-order valence-corrected chi connectivity index (χ2v) is 3.75. The minimum atomic E-state index is -1.07. The van der Waals surface area contributed by atoms with Crippen LogP contribution in [-0.4, -0.2) is 52.3 Å². The molecule has 15 heavy (non-hydrogen) atoms. The Bertz CT molecular complexity index is 256. The lowest BCUT2D eigenvalue weighted by molar-refractivity contribution is -0.138. The van der Waals surface area contributed by atoms with Crippen molar-refractivity contribution in [1.29, 1.82) is 0 Å². The van der Waals surface area contributed by atoms with Crippen molar-refractivity contribution in [2.75, 3.05) is 13.1 Å². The van der Waals surface area contributed by atoms with Crippen LogP contribution in [0.4, 0.5) is 4.79 Å². The molecule has 2 atom stereocenters. The number of amides is 2. The first-order valence-corrected chi connectivity index (χ1v) is 4.97. The Hall–Kier alpha value is -1.30. The van der Waals surface area contributed by atoms with Gasteiger partial charge in [-0.3, -0.25) is 4.79 Å². The molecule has 6 heteroatoms. The standard InChI is InChI=1S/C9H16N2O4/c1-6(8(13)14)10-9(15)11-4-2-3-7(12)5-11/h6-7,12H,2-5H2,1H3,(H,10,15)(H,13,14)/t6-,7?/m0/s1. The average molecular weight is 216 g/mol. The highest BCUT2D eigenvalue weighted by Gasteiger charge is 2.24. The van der Waals surface area contributed by atoms with Crippen molar-refractivity contribution >= 4 is 12.0 Å². The van der Waals surface area contributed by atoms with Crippen LogP contribution in [0.2, 0.25) is 0 Å². The van der Waals surface area contributed by atoms with Gasteiger partial charge in [0.15, 0.2) is 0 Å². The van der Waals surface area contributed by atoms with Crippen molar-refractivity contribution in [3.05, 3.63) is 0 Å². The number of piperidine rings is 1. The Morgan fingerprint density at radius 3 is 2.73 bits per heavy atom. The maximum atomic E-state index is 11.5. The Morgan fingerprint density at radius 1 is 1.53 bits per heavy atom. The van der Waals surface area contributed by atoms with E-state index in [1.54, 1.807) is 0 Å². The van der Waals surface area contributed by atoms with Gasteiger partial charge in [-0.25, -0.2) is 4.79 Å². The monoisotopic (exact) mass is 216 g/mol. The predicted octanol–water partition coefficient (Wildman–Crippen LogP) is -0.374. The van der Waals surface area contributed by atoms with E-state index in [1.807, 2.05) is 0 Å². The van der Waals surface area contributed by atoms with Gasteiger partial charge in [-0.15, -0.1) is 0 Å². The summed E-state index contributed by atoms with van der Waals surface area (Å²) in [5, 5.41) is 20.3. The van der Waals surface area contributed by atoms with E-state index in [0.717, 1.165) is 6.42 Å². The molecular weight excluding hydrogens is 200 g/mol. The van der Waals surface area contributed by atoms with Gasteiger partial charge in [0, 0.05) is 13.1 Å². The summed E-state index contributed by atoms with van der Waals surface area (Å²) < 4.78 is 0. The largest absolute Gasteiger partial charge is 0.480 e. The average Bonchev–Trinajstić information content (AvgIpc) is 2.17. The third-order valence-corrected chi connectivity index (χ3v) is 2.39. The topological polar surface area (TPSA) is 89.9 Å². The number of aliphatic hydroxyl groups is 1. The molecule has 1 aliphatic heterocycles. The summed E-state index contributed by atoms with van der Waals surface area (Å²) in [6, 6.07) is -1.33. The van der Waals surface area contributed by atoms with Crippen LogP contribution in [0.15, 0.2) is 0 Å². The van der Waals surface area contributed by atoms with E-state index in [9.17, 15) is 14.7 Å². The number of β-amino-alcohol motifs (C(OH)–C–C–N with tert-alkyl or cyclic N) is 1. The van der Waals surface area contributed by atoms with Gasteiger partial charge in [-0.05, 0) is 19.8 Å². The van der Waals surface area contributed by atoms with Gasteiger partial charge in [0.05, 0.1) is 6.10 Å². The molecule has 0 bridgehead atoms. The number of carbonyl (C=O) groups excluding carboxylic acids is 1. The summed E-state index contributed by atoms with van der Waals surface area (Å²) in [5.41, 5.74) is 0. The third kappa shape index (κ3) is 3.39. The smallest absolute Gasteiger partial charge is 0.325 e. The lowest BCUT2D eigenvalue weighted by atomic mass is 10.1.